The topological polar surface area (TPSA) is 34.1 Å². The molecule has 0 amide bonds. The maximum Gasteiger partial charge on any atom is 0.261 e. The molecule has 0 fully saturated rings. The lowest BCUT2D eigenvalue weighted by Gasteiger charge is -2.08. The molecule has 0 aliphatic carbocycles. The highest BCUT2D eigenvalue weighted by Gasteiger charge is 2.16. The summed E-state index contributed by atoms with van der Waals surface area (Å²) in [5.41, 5.74) is 2.34. The van der Waals surface area contributed by atoms with Crippen molar-refractivity contribution in [1.82, 2.24) is 0 Å². The van der Waals surface area contributed by atoms with Crippen molar-refractivity contribution >= 4 is 19.7 Å². The summed E-state index contributed by atoms with van der Waals surface area (Å²) in [5, 5.41) is 0. The Labute approximate surface area is 105 Å². The van der Waals surface area contributed by atoms with Crippen LogP contribution in [0.15, 0.2) is 53.4 Å². The second-order valence-corrected chi connectivity index (χ2v) is 6.34. The Morgan fingerprint density at radius 1 is 1.00 bits per heavy atom. The van der Waals surface area contributed by atoms with Crippen LogP contribution in [0.1, 0.15) is 5.56 Å². The summed E-state index contributed by atoms with van der Waals surface area (Å²) in [6.07, 6.45) is 0. The second-order valence-electron chi connectivity index (χ2n) is 3.80. The lowest BCUT2D eigenvalue weighted by molar-refractivity contribution is 0.610. The van der Waals surface area contributed by atoms with Crippen molar-refractivity contribution in [3.05, 3.63) is 54.1 Å². The minimum atomic E-state index is -3.73. The lowest BCUT2D eigenvalue weighted by Crippen LogP contribution is -1.95. The van der Waals surface area contributed by atoms with Gasteiger partial charge in [-0.3, -0.25) is 0 Å². The van der Waals surface area contributed by atoms with E-state index in [0.29, 0.717) is 5.56 Å². The van der Waals surface area contributed by atoms with E-state index < -0.39 is 9.05 Å². The van der Waals surface area contributed by atoms with Crippen LogP contribution in [-0.2, 0) is 9.05 Å². The molecule has 0 saturated heterocycles. The van der Waals surface area contributed by atoms with E-state index in [0.717, 1.165) is 11.1 Å². The van der Waals surface area contributed by atoms with E-state index in [2.05, 4.69) is 0 Å². The van der Waals surface area contributed by atoms with Crippen molar-refractivity contribution < 1.29 is 8.42 Å². The van der Waals surface area contributed by atoms with Crippen molar-refractivity contribution in [1.29, 1.82) is 0 Å². The van der Waals surface area contributed by atoms with Crippen molar-refractivity contribution in [3.8, 4) is 11.1 Å². The quantitative estimate of drug-likeness (QED) is 0.779. The summed E-state index contributed by atoms with van der Waals surface area (Å²) in [6.45, 7) is 1.83. The molecular formula is C13H11ClO2S. The SMILES string of the molecule is Cc1ccc(-c2ccccc2)c(S(=O)(=O)Cl)c1. The minimum Gasteiger partial charge on any atom is -0.207 e. The predicted molar refractivity (Wildman–Crippen MR) is 69.7 cm³/mol. The Morgan fingerprint density at radius 2 is 1.65 bits per heavy atom. The van der Waals surface area contributed by atoms with Gasteiger partial charge < -0.3 is 0 Å². The van der Waals surface area contributed by atoms with Gasteiger partial charge in [0, 0.05) is 16.2 Å². The van der Waals surface area contributed by atoms with Gasteiger partial charge in [-0.05, 0) is 24.1 Å². The summed E-state index contributed by atoms with van der Waals surface area (Å²) in [7, 11) is 1.73. The molecule has 4 heteroatoms. The van der Waals surface area contributed by atoms with Crippen LogP contribution in [0.3, 0.4) is 0 Å². The van der Waals surface area contributed by atoms with Gasteiger partial charge in [-0.15, -0.1) is 0 Å². The Kier molecular flexibility index (Phi) is 3.22. The maximum atomic E-state index is 11.5. The molecule has 0 aliphatic rings. The number of benzene rings is 2. The Morgan fingerprint density at radius 3 is 2.24 bits per heavy atom. The molecule has 2 rings (SSSR count). The molecule has 0 spiro atoms. The molecule has 2 nitrogen and oxygen atoms in total. The highest BCUT2D eigenvalue weighted by Crippen LogP contribution is 2.30. The van der Waals surface area contributed by atoms with E-state index in [9.17, 15) is 8.42 Å². The minimum absolute atomic E-state index is 0.158. The largest absolute Gasteiger partial charge is 0.261 e. The van der Waals surface area contributed by atoms with Gasteiger partial charge in [0.05, 0.1) is 4.90 Å². The molecule has 0 aromatic heterocycles. The van der Waals surface area contributed by atoms with Crippen molar-refractivity contribution in [2.24, 2.45) is 0 Å². The molecule has 0 saturated carbocycles. The summed E-state index contributed by atoms with van der Waals surface area (Å²) in [5.74, 6) is 0. The standard InChI is InChI=1S/C13H11ClO2S/c1-10-7-8-12(11-5-3-2-4-6-11)13(9-10)17(14,15)16/h2-9H,1H3. The van der Waals surface area contributed by atoms with E-state index >= 15 is 0 Å². The molecule has 0 aliphatic heterocycles. The number of halogens is 1. The number of rotatable bonds is 2. The fourth-order valence-electron chi connectivity index (χ4n) is 1.69. The lowest BCUT2D eigenvalue weighted by atomic mass is 10.0. The van der Waals surface area contributed by atoms with E-state index in [1.165, 1.54) is 0 Å². The van der Waals surface area contributed by atoms with E-state index in [1.807, 2.05) is 43.3 Å². The highest BCUT2D eigenvalue weighted by molar-refractivity contribution is 8.13. The van der Waals surface area contributed by atoms with Gasteiger partial charge in [-0.1, -0.05) is 42.5 Å². The van der Waals surface area contributed by atoms with Crippen LogP contribution in [0, 0.1) is 6.92 Å². The molecule has 2 aromatic carbocycles. The first-order chi connectivity index (χ1) is 7.98. The number of hydrogen-bond acceptors (Lipinski definition) is 2. The third-order valence-corrected chi connectivity index (χ3v) is 3.85. The van der Waals surface area contributed by atoms with Crippen LogP contribution >= 0.6 is 10.7 Å². The van der Waals surface area contributed by atoms with Crippen molar-refractivity contribution in [3.63, 3.8) is 0 Å². The Balaban J connectivity index is 2.71. The maximum absolute atomic E-state index is 11.5. The molecule has 0 unspecified atom stereocenters. The van der Waals surface area contributed by atoms with Crippen LogP contribution in [0.5, 0.6) is 0 Å². The fourth-order valence-corrected chi connectivity index (χ4v) is 2.85. The smallest absolute Gasteiger partial charge is 0.207 e. The van der Waals surface area contributed by atoms with E-state index in [-0.39, 0.29) is 4.90 Å². The molecule has 0 bridgehead atoms. The van der Waals surface area contributed by atoms with Crippen molar-refractivity contribution in [2.45, 2.75) is 11.8 Å². The van der Waals surface area contributed by atoms with Gasteiger partial charge in [0.15, 0.2) is 0 Å². The Hall–Kier alpha value is -1.32. The molecule has 0 atom stereocenters. The second kappa shape index (κ2) is 4.51. The molecule has 2 aromatic rings. The molecule has 88 valence electrons. The number of hydrogen-bond donors (Lipinski definition) is 0. The van der Waals surface area contributed by atoms with Crippen LogP contribution in [0.25, 0.3) is 11.1 Å². The van der Waals surface area contributed by atoms with Crippen LogP contribution < -0.4 is 0 Å². The normalized spacial score (nSPS) is 11.4. The Bertz CT molecular complexity index is 634. The third-order valence-electron chi connectivity index (χ3n) is 2.48. The zero-order valence-electron chi connectivity index (χ0n) is 9.22. The zero-order chi connectivity index (χ0) is 12.5. The van der Waals surface area contributed by atoms with Gasteiger partial charge >= 0.3 is 0 Å². The zero-order valence-corrected chi connectivity index (χ0v) is 10.8. The fraction of sp³-hybridized carbons (Fsp3) is 0.0769. The first kappa shape index (κ1) is 12.1. The average Bonchev–Trinajstić information content (AvgIpc) is 2.29. The summed E-state index contributed by atoms with van der Waals surface area (Å²) < 4.78 is 23.1. The van der Waals surface area contributed by atoms with Crippen LogP contribution in [0.4, 0.5) is 0 Å². The van der Waals surface area contributed by atoms with Crippen LogP contribution in [-0.4, -0.2) is 8.42 Å². The number of aryl methyl sites for hydroxylation is 1. The highest BCUT2D eigenvalue weighted by atomic mass is 35.7. The van der Waals surface area contributed by atoms with Gasteiger partial charge in [-0.2, -0.15) is 0 Å². The van der Waals surface area contributed by atoms with E-state index in [1.54, 1.807) is 12.1 Å². The monoisotopic (exact) mass is 266 g/mol. The first-order valence-electron chi connectivity index (χ1n) is 5.09. The molecule has 17 heavy (non-hydrogen) atoms. The van der Waals surface area contributed by atoms with Crippen LogP contribution in [0.2, 0.25) is 0 Å². The predicted octanol–water partition coefficient (Wildman–Crippen LogP) is 3.59. The van der Waals surface area contributed by atoms with Gasteiger partial charge in [0.1, 0.15) is 0 Å². The van der Waals surface area contributed by atoms with E-state index in [4.69, 9.17) is 10.7 Å². The first-order valence-corrected chi connectivity index (χ1v) is 7.40. The summed E-state index contributed by atoms with van der Waals surface area (Å²) in [6, 6.07) is 14.6. The summed E-state index contributed by atoms with van der Waals surface area (Å²) in [4.78, 5) is 0.158. The van der Waals surface area contributed by atoms with Gasteiger partial charge in [-0.25, -0.2) is 8.42 Å². The summed E-state index contributed by atoms with van der Waals surface area (Å²) >= 11 is 0. The third kappa shape index (κ3) is 2.68. The van der Waals surface area contributed by atoms with Gasteiger partial charge in [0.2, 0.25) is 0 Å². The van der Waals surface area contributed by atoms with Gasteiger partial charge in [0.25, 0.3) is 9.05 Å². The van der Waals surface area contributed by atoms with Crippen molar-refractivity contribution in [2.75, 3.05) is 0 Å². The molecule has 0 N–H and O–H groups in total. The average molecular weight is 267 g/mol. The molecular weight excluding hydrogens is 256 g/mol. The molecule has 0 heterocycles. The molecule has 0 radical (unpaired) electrons.